The first-order valence-electron chi connectivity index (χ1n) is 6.74. The molecule has 102 valence electrons. The average Bonchev–Trinajstić information content (AvgIpc) is 2.39. The molecule has 0 aromatic rings. The first kappa shape index (κ1) is 14.9. The summed E-state index contributed by atoms with van der Waals surface area (Å²) in [6, 6.07) is 1.58. The molecule has 0 aliphatic carbocycles. The third-order valence-corrected chi connectivity index (χ3v) is 3.83. The van der Waals surface area contributed by atoms with Crippen molar-refractivity contribution < 1.29 is 9.47 Å². The number of rotatable bonds is 7. The van der Waals surface area contributed by atoms with Gasteiger partial charge in [0, 0.05) is 38.4 Å². The van der Waals surface area contributed by atoms with Crippen molar-refractivity contribution in [1.29, 1.82) is 0 Å². The van der Waals surface area contributed by atoms with Gasteiger partial charge in [-0.3, -0.25) is 4.90 Å². The van der Waals surface area contributed by atoms with Crippen LogP contribution in [0.4, 0.5) is 0 Å². The van der Waals surface area contributed by atoms with E-state index in [9.17, 15) is 0 Å². The maximum Gasteiger partial charge on any atom is 0.0637 e. The van der Waals surface area contributed by atoms with Gasteiger partial charge in [-0.05, 0) is 26.8 Å². The Kier molecular flexibility index (Phi) is 7.04. The van der Waals surface area contributed by atoms with Crippen LogP contribution >= 0.6 is 0 Å². The largest absolute Gasteiger partial charge is 0.383 e. The van der Waals surface area contributed by atoms with Crippen LogP contribution in [0.25, 0.3) is 0 Å². The number of hydrogen-bond donors (Lipinski definition) is 1. The highest BCUT2D eigenvalue weighted by molar-refractivity contribution is 4.88. The minimum absolute atomic E-state index is 0.471. The number of likely N-dealkylation sites (N-methyl/N-ethyl adjacent to an activating group) is 1. The van der Waals surface area contributed by atoms with E-state index < -0.39 is 0 Å². The van der Waals surface area contributed by atoms with E-state index in [-0.39, 0.29) is 0 Å². The summed E-state index contributed by atoms with van der Waals surface area (Å²) in [6.45, 7) is 8.01. The molecule has 1 aliphatic rings. The van der Waals surface area contributed by atoms with Crippen molar-refractivity contribution in [3.8, 4) is 0 Å². The van der Waals surface area contributed by atoms with Gasteiger partial charge in [0.15, 0.2) is 0 Å². The predicted octanol–water partition coefficient (Wildman–Crippen LogP) is 1.11. The van der Waals surface area contributed by atoms with Gasteiger partial charge in [-0.1, -0.05) is 6.92 Å². The molecule has 0 aromatic carbocycles. The van der Waals surface area contributed by atoms with Crippen molar-refractivity contribution in [2.45, 2.75) is 44.8 Å². The van der Waals surface area contributed by atoms with Gasteiger partial charge in [0.1, 0.15) is 0 Å². The molecule has 0 aromatic heterocycles. The Balaban J connectivity index is 2.64. The van der Waals surface area contributed by atoms with Crippen LogP contribution in [0.2, 0.25) is 0 Å². The second kappa shape index (κ2) is 8.03. The Morgan fingerprint density at radius 2 is 2.29 bits per heavy atom. The zero-order valence-corrected chi connectivity index (χ0v) is 11.7. The van der Waals surface area contributed by atoms with Crippen molar-refractivity contribution in [1.82, 2.24) is 10.2 Å². The standard InChI is InChI=1S/C13H28N2O2/c1-5-11(2)15(7-9-16-4)13-10-17-8-6-12(13)14-3/h11-14H,5-10H2,1-4H3. The highest BCUT2D eigenvalue weighted by Crippen LogP contribution is 2.18. The number of nitrogens with zero attached hydrogens (tertiary/aromatic N) is 1. The molecule has 0 amide bonds. The van der Waals surface area contributed by atoms with Gasteiger partial charge in [0.2, 0.25) is 0 Å². The monoisotopic (exact) mass is 244 g/mol. The van der Waals surface area contributed by atoms with Gasteiger partial charge in [-0.2, -0.15) is 0 Å². The molecule has 1 N–H and O–H groups in total. The van der Waals surface area contributed by atoms with Crippen LogP contribution in [0, 0.1) is 0 Å². The fraction of sp³-hybridized carbons (Fsp3) is 1.00. The molecular weight excluding hydrogens is 216 g/mol. The Morgan fingerprint density at radius 1 is 1.53 bits per heavy atom. The summed E-state index contributed by atoms with van der Waals surface area (Å²) in [5, 5.41) is 3.43. The lowest BCUT2D eigenvalue weighted by Gasteiger charge is -2.42. The van der Waals surface area contributed by atoms with E-state index in [1.165, 1.54) is 0 Å². The molecule has 0 saturated carbocycles. The zero-order valence-electron chi connectivity index (χ0n) is 11.7. The summed E-state index contributed by atoms with van der Waals surface area (Å²) in [4.78, 5) is 2.53. The molecule has 1 saturated heterocycles. The fourth-order valence-corrected chi connectivity index (χ4v) is 2.53. The second-order valence-corrected chi connectivity index (χ2v) is 4.81. The summed E-state index contributed by atoms with van der Waals surface area (Å²) in [5.41, 5.74) is 0. The van der Waals surface area contributed by atoms with Crippen LogP contribution in [-0.4, -0.2) is 63.5 Å². The Hall–Kier alpha value is -0.160. The van der Waals surface area contributed by atoms with Crippen LogP contribution in [0.3, 0.4) is 0 Å². The Bertz CT molecular complexity index is 202. The van der Waals surface area contributed by atoms with Crippen LogP contribution < -0.4 is 5.32 Å². The third kappa shape index (κ3) is 4.21. The molecule has 3 atom stereocenters. The maximum absolute atomic E-state index is 5.65. The number of methoxy groups -OCH3 is 1. The molecule has 1 rings (SSSR count). The SMILES string of the molecule is CCC(C)N(CCOC)C1COCCC1NC. The lowest BCUT2D eigenvalue weighted by Crippen LogP contribution is -2.57. The minimum Gasteiger partial charge on any atom is -0.383 e. The number of nitrogens with one attached hydrogen (secondary N) is 1. The number of ether oxygens (including phenoxy) is 2. The van der Waals surface area contributed by atoms with E-state index in [1.807, 2.05) is 7.05 Å². The molecule has 0 spiro atoms. The second-order valence-electron chi connectivity index (χ2n) is 4.81. The fourth-order valence-electron chi connectivity index (χ4n) is 2.53. The van der Waals surface area contributed by atoms with E-state index in [4.69, 9.17) is 9.47 Å². The summed E-state index contributed by atoms with van der Waals surface area (Å²) >= 11 is 0. The summed E-state index contributed by atoms with van der Waals surface area (Å²) in [7, 11) is 3.82. The molecule has 1 aliphatic heterocycles. The van der Waals surface area contributed by atoms with Crippen LogP contribution in [-0.2, 0) is 9.47 Å². The first-order chi connectivity index (χ1) is 8.24. The van der Waals surface area contributed by atoms with E-state index in [0.29, 0.717) is 18.1 Å². The molecule has 0 radical (unpaired) electrons. The quantitative estimate of drug-likeness (QED) is 0.727. The minimum atomic E-state index is 0.471. The van der Waals surface area contributed by atoms with E-state index in [1.54, 1.807) is 7.11 Å². The van der Waals surface area contributed by atoms with Crippen molar-refractivity contribution in [3.05, 3.63) is 0 Å². The number of hydrogen-bond acceptors (Lipinski definition) is 4. The summed E-state index contributed by atoms with van der Waals surface area (Å²) < 4.78 is 10.9. The average molecular weight is 244 g/mol. The van der Waals surface area contributed by atoms with Gasteiger partial charge in [-0.25, -0.2) is 0 Å². The zero-order chi connectivity index (χ0) is 12.7. The summed E-state index contributed by atoms with van der Waals surface area (Å²) in [5.74, 6) is 0. The Morgan fingerprint density at radius 3 is 2.88 bits per heavy atom. The molecule has 1 heterocycles. The molecular formula is C13H28N2O2. The topological polar surface area (TPSA) is 33.7 Å². The van der Waals surface area contributed by atoms with Gasteiger partial charge in [0.05, 0.1) is 13.2 Å². The molecule has 1 fully saturated rings. The smallest absolute Gasteiger partial charge is 0.0637 e. The molecule has 4 nitrogen and oxygen atoms in total. The summed E-state index contributed by atoms with van der Waals surface area (Å²) in [6.07, 6.45) is 2.26. The lowest BCUT2D eigenvalue weighted by atomic mass is 9.99. The van der Waals surface area contributed by atoms with E-state index >= 15 is 0 Å². The maximum atomic E-state index is 5.65. The third-order valence-electron chi connectivity index (χ3n) is 3.83. The normalized spacial score (nSPS) is 27.4. The van der Waals surface area contributed by atoms with Gasteiger partial charge in [-0.15, -0.1) is 0 Å². The van der Waals surface area contributed by atoms with Crippen molar-refractivity contribution >= 4 is 0 Å². The molecule has 4 heteroatoms. The van der Waals surface area contributed by atoms with Gasteiger partial charge >= 0.3 is 0 Å². The van der Waals surface area contributed by atoms with Gasteiger partial charge in [0.25, 0.3) is 0 Å². The molecule has 3 unspecified atom stereocenters. The van der Waals surface area contributed by atoms with Crippen LogP contribution in [0.5, 0.6) is 0 Å². The first-order valence-corrected chi connectivity index (χ1v) is 6.74. The molecule has 17 heavy (non-hydrogen) atoms. The van der Waals surface area contributed by atoms with Crippen molar-refractivity contribution in [3.63, 3.8) is 0 Å². The van der Waals surface area contributed by atoms with Gasteiger partial charge < -0.3 is 14.8 Å². The van der Waals surface area contributed by atoms with Crippen LogP contribution in [0.15, 0.2) is 0 Å². The molecule has 0 bridgehead atoms. The van der Waals surface area contributed by atoms with Crippen molar-refractivity contribution in [2.75, 3.05) is 40.5 Å². The predicted molar refractivity (Wildman–Crippen MR) is 70.4 cm³/mol. The van der Waals surface area contributed by atoms with Crippen molar-refractivity contribution in [2.24, 2.45) is 0 Å². The Labute approximate surface area is 106 Å². The van der Waals surface area contributed by atoms with E-state index in [0.717, 1.165) is 39.2 Å². The highest BCUT2D eigenvalue weighted by Gasteiger charge is 2.31. The van der Waals surface area contributed by atoms with E-state index in [2.05, 4.69) is 24.1 Å². The highest BCUT2D eigenvalue weighted by atomic mass is 16.5. The lowest BCUT2D eigenvalue weighted by molar-refractivity contribution is -0.0240. The van der Waals surface area contributed by atoms with Crippen LogP contribution in [0.1, 0.15) is 26.7 Å².